The lowest BCUT2D eigenvalue weighted by Crippen LogP contribution is -2.58. The Balaban J connectivity index is 1.79. The van der Waals surface area contributed by atoms with Crippen LogP contribution in [0.3, 0.4) is 0 Å². The number of aromatic amines is 1. The summed E-state index contributed by atoms with van der Waals surface area (Å²) in [7, 11) is 0. The zero-order valence-corrected chi connectivity index (χ0v) is 18.7. The SMILES string of the molecule is CC1(N(C(=O)CCCC(=O)O)c2nc(-c3ccncc3)c(-c3ccc(F)cc3)[nH]2)COCOC1. The van der Waals surface area contributed by atoms with E-state index in [4.69, 9.17) is 19.6 Å². The first-order valence-corrected chi connectivity index (χ1v) is 10.8. The fourth-order valence-corrected chi connectivity index (χ4v) is 3.94. The number of benzene rings is 1. The van der Waals surface area contributed by atoms with Crippen LogP contribution in [-0.2, 0) is 19.1 Å². The number of carboxylic acid groups (broad SMARTS) is 1. The maximum absolute atomic E-state index is 13.6. The molecule has 1 saturated heterocycles. The predicted octanol–water partition coefficient (Wildman–Crippen LogP) is 3.63. The van der Waals surface area contributed by atoms with E-state index in [0.717, 1.165) is 5.56 Å². The van der Waals surface area contributed by atoms with E-state index >= 15 is 0 Å². The lowest BCUT2D eigenvalue weighted by Gasteiger charge is -2.41. The summed E-state index contributed by atoms with van der Waals surface area (Å²) in [5.74, 6) is -1.37. The Morgan fingerprint density at radius 2 is 1.76 bits per heavy atom. The second-order valence-corrected chi connectivity index (χ2v) is 8.31. The molecule has 4 rings (SSSR count). The fourth-order valence-electron chi connectivity index (χ4n) is 3.94. The van der Waals surface area contributed by atoms with Crippen LogP contribution in [0.15, 0.2) is 48.8 Å². The molecule has 0 unspecified atom stereocenters. The Labute approximate surface area is 195 Å². The summed E-state index contributed by atoms with van der Waals surface area (Å²) in [6.07, 6.45) is 3.35. The van der Waals surface area contributed by atoms with Gasteiger partial charge in [-0.2, -0.15) is 0 Å². The minimum atomic E-state index is -0.966. The van der Waals surface area contributed by atoms with Crippen molar-refractivity contribution in [3.63, 3.8) is 0 Å². The van der Waals surface area contributed by atoms with E-state index in [1.165, 1.54) is 17.0 Å². The number of rotatable bonds is 8. The van der Waals surface area contributed by atoms with E-state index < -0.39 is 11.5 Å². The van der Waals surface area contributed by atoms with Gasteiger partial charge in [0.2, 0.25) is 11.9 Å². The number of ether oxygens (including phenoxy) is 2. The molecule has 178 valence electrons. The van der Waals surface area contributed by atoms with Crippen molar-refractivity contribution in [2.45, 2.75) is 31.7 Å². The monoisotopic (exact) mass is 468 g/mol. The van der Waals surface area contributed by atoms with Crippen LogP contribution < -0.4 is 4.90 Å². The van der Waals surface area contributed by atoms with Crippen molar-refractivity contribution in [1.29, 1.82) is 0 Å². The van der Waals surface area contributed by atoms with Crippen LogP contribution in [-0.4, -0.2) is 57.5 Å². The highest BCUT2D eigenvalue weighted by Crippen LogP contribution is 2.35. The maximum atomic E-state index is 13.6. The zero-order valence-electron chi connectivity index (χ0n) is 18.7. The number of carbonyl (C=O) groups is 2. The maximum Gasteiger partial charge on any atom is 0.303 e. The molecule has 1 aliphatic heterocycles. The third-order valence-corrected chi connectivity index (χ3v) is 5.55. The van der Waals surface area contributed by atoms with Crippen molar-refractivity contribution in [1.82, 2.24) is 15.0 Å². The van der Waals surface area contributed by atoms with Gasteiger partial charge in [-0.1, -0.05) is 0 Å². The summed E-state index contributed by atoms with van der Waals surface area (Å²) in [6.45, 7) is 2.38. The fraction of sp³-hybridized carbons (Fsp3) is 0.333. The Bertz CT molecular complexity index is 1140. The van der Waals surface area contributed by atoms with Gasteiger partial charge in [0.1, 0.15) is 12.6 Å². The number of carboxylic acids is 1. The Kier molecular flexibility index (Phi) is 6.99. The van der Waals surface area contributed by atoms with Crippen LogP contribution in [0, 0.1) is 5.82 Å². The Morgan fingerprint density at radius 1 is 1.09 bits per heavy atom. The third kappa shape index (κ3) is 5.13. The van der Waals surface area contributed by atoms with Gasteiger partial charge >= 0.3 is 5.97 Å². The van der Waals surface area contributed by atoms with Gasteiger partial charge in [0.05, 0.1) is 30.1 Å². The van der Waals surface area contributed by atoms with Crippen LogP contribution in [0.2, 0.25) is 0 Å². The molecule has 3 aromatic rings. The van der Waals surface area contributed by atoms with Crippen LogP contribution in [0.4, 0.5) is 10.3 Å². The Morgan fingerprint density at radius 3 is 2.41 bits per heavy atom. The number of anilines is 1. The molecule has 0 atom stereocenters. The van der Waals surface area contributed by atoms with Gasteiger partial charge in [0.15, 0.2) is 0 Å². The predicted molar refractivity (Wildman–Crippen MR) is 121 cm³/mol. The molecule has 3 heterocycles. The summed E-state index contributed by atoms with van der Waals surface area (Å²) in [6, 6.07) is 9.55. The van der Waals surface area contributed by atoms with Gasteiger partial charge in [-0.25, -0.2) is 9.37 Å². The summed E-state index contributed by atoms with van der Waals surface area (Å²) in [5.41, 5.74) is 1.74. The molecule has 1 aliphatic rings. The lowest BCUT2D eigenvalue weighted by molar-refractivity contribution is -0.141. The van der Waals surface area contributed by atoms with E-state index in [-0.39, 0.29) is 56.9 Å². The normalized spacial score (nSPS) is 15.1. The average Bonchev–Trinajstić information content (AvgIpc) is 3.25. The number of carbonyl (C=O) groups excluding carboxylic acids is 1. The number of pyridine rings is 1. The number of aliphatic carboxylic acids is 1. The van der Waals surface area contributed by atoms with Crippen molar-refractivity contribution in [3.05, 3.63) is 54.6 Å². The summed E-state index contributed by atoms with van der Waals surface area (Å²) in [5, 5.41) is 8.98. The molecule has 1 fully saturated rings. The number of halogens is 1. The third-order valence-electron chi connectivity index (χ3n) is 5.55. The molecule has 2 aromatic heterocycles. The zero-order chi connectivity index (χ0) is 24.1. The van der Waals surface area contributed by atoms with Gasteiger partial charge in [-0.05, 0) is 49.7 Å². The number of amides is 1. The van der Waals surface area contributed by atoms with Gasteiger partial charge in [0.25, 0.3) is 0 Å². The highest BCUT2D eigenvalue weighted by molar-refractivity contribution is 5.94. The molecule has 0 radical (unpaired) electrons. The first-order valence-electron chi connectivity index (χ1n) is 10.8. The molecule has 1 amide bonds. The number of H-pyrrole nitrogens is 1. The highest BCUT2D eigenvalue weighted by Gasteiger charge is 2.41. The first-order chi connectivity index (χ1) is 16.4. The van der Waals surface area contributed by atoms with Crippen molar-refractivity contribution in [2.24, 2.45) is 0 Å². The van der Waals surface area contributed by atoms with Gasteiger partial charge in [0, 0.05) is 36.4 Å². The van der Waals surface area contributed by atoms with Crippen LogP contribution in [0.25, 0.3) is 22.5 Å². The topological polar surface area (TPSA) is 118 Å². The van der Waals surface area contributed by atoms with Gasteiger partial charge in [-0.3, -0.25) is 19.5 Å². The van der Waals surface area contributed by atoms with Gasteiger partial charge in [-0.15, -0.1) is 0 Å². The number of aromatic nitrogens is 3. The van der Waals surface area contributed by atoms with Crippen molar-refractivity contribution in [2.75, 3.05) is 24.9 Å². The molecule has 1 aromatic carbocycles. The Hall–Kier alpha value is -3.63. The molecular weight excluding hydrogens is 443 g/mol. The molecule has 10 heteroatoms. The molecular formula is C24H25FN4O5. The summed E-state index contributed by atoms with van der Waals surface area (Å²) in [4.78, 5) is 37.9. The van der Waals surface area contributed by atoms with Crippen molar-refractivity contribution >= 4 is 17.8 Å². The van der Waals surface area contributed by atoms with Crippen molar-refractivity contribution < 1.29 is 28.6 Å². The van der Waals surface area contributed by atoms with Gasteiger partial charge < -0.3 is 19.6 Å². The number of hydrogen-bond acceptors (Lipinski definition) is 6. The molecule has 34 heavy (non-hydrogen) atoms. The van der Waals surface area contributed by atoms with Crippen LogP contribution >= 0.6 is 0 Å². The minimum Gasteiger partial charge on any atom is -0.481 e. The van der Waals surface area contributed by atoms with E-state index in [1.807, 2.05) is 6.92 Å². The minimum absolute atomic E-state index is 0.0130. The number of hydrogen-bond donors (Lipinski definition) is 2. The number of nitrogens with one attached hydrogen (secondary N) is 1. The van der Waals surface area contributed by atoms with Crippen LogP contribution in [0.1, 0.15) is 26.2 Å². The van der Waals surface area contributed by atoms with E-state index in [2.05, 4.69) is 9.97 Å². The summed E-state index contributed by atoms with van der Waals surface area (Å²) >= 11 is 0. The van der Waals surface area contributed by atoms with E-state index in [0.29, 0.717) is 17.0 Å². The second kappa shape index (κ2) is 10.1. The smallest absolute Gasteiger partial charge is 0.303 e. The number of nitrogens with zero attached hydrogens (tertiary/aromatic N) is 3. The molecule has 0 aliphatic carbocycles. The lowest BCUT2D eigenvalue weighted by atomic mass is 10.0. The van der Waals surface area contributed by atoms with Crippen LogP contribution in [0.5, 0.6) is 0 Å². The molecule has 2 N–H and O–H groups in total. The molecule has 9 nitrogen and oxygen atoms in total. The van der Waals surface area contributed by atoms with Crippen molar-refractivity contribution in [3.8, 4) is 22.5 Å². The molecule has 0 bridgehead atoms. The largest absolute Gasteiger partial charge is 0.481 e. The summed E-state index contributed by atoms with van der Waals surface area (Å²) < 4.78 is 24.6. The van der Waals surface area contributed by atoms with E-state index in [9.17, 15) is 14.0 Å². The molecule has 0 spiro atoms. The number of imidazole rings is 1. The standard InChI is InChI=1S/C24H25FN4O5/c1-24(13-33-15-34-14-24)29(19(30)3-2-4-20(31)32)23-27-21(16-5-7-18(25)8-6-16)22(28-23)17-9-11-26-12-10-17/h5-12H,2-4,13-15H2,1H3,(H,27,28)(H,31,32). The highest BCUT2D eigenvalue weighted by atomic mass is 19.1. The molecule has 0 saturated carbocycles. The second-order valence-electron chi connectivity index (χ2n) is 8.31. The first kappa shape index (κ1) is 23.5. The average molecular weight is 468 g/mol. The quantitative estimate of drug-likeness (QED) is 0.518. The van der Waals surface area contributed by atoms with E-state index in [1.54, 1.807) is 36.7 Å².